The first kappa shape index (κ1) is 39.7. The smallest absolute Gasteiger partial charge is 0.416 e. The van der Waals surface area contributed by atoms with Gasteiger partial charge in [-0.25, -0.2) is 9.97 Å². The first-order valence-electron chi connectivity index (χ1n) is 16.1. The maximum Gasteiger partial charge on any atom is 0.416 e. The fourth-order valence-corrected chi connectivity index (χ4v) is 6.05. The number of ether oxygens (including phenoxy) is 1. The number of anilines is 1. The lowest BCUT2D eigenvalue weighted by Crippen LogP contribution is -2.29. The third kappa shape index (κ3) is 12.0. The summed E-state index contributed by atoms with van der Waals surface area (Å²) in [6.45, 7) is -0.555. The first-order valence-corrected chi connectivity index (χ1v) is 16.1. The van der Waals surface area contributed by atoms with Gasteiger partial charge in [0, 0.05) is 19.5 Å². The number of hydrogen-bond donors (Lipinski definition) is 3. The highest BCUT2D eigenvalue weighted by Gasteiger charge is 2.37. The van der Waals surface area contributed by atoms with Crippen LogP contribution in [0.2, 0.25) is 0 Å². The fraction of sp³-hybridized carbons (Fsp3) is 0.500. The highest BCUT2D eigenvalue weighted by molar-refractivity contribution is 5.67. The van der Waals surface area contributed by atoms with Crippen molar-refractivity contribution >= 4 is 11.9 Å². The van der Waals surface area contributed by atoms with Gasteiger partial charge in [-0.1, -0.05) is 6.07 Å². The number of aromatic nitrogens is 2. The van der Waals surface area contributed by atoms with Gasteiger partial charge in [-0.3, -0.25) is 4.79 Å². The normalized spacial score (nSPS) is 17.0. The number of aliphatic carboxylic acids is 1. The molecule has 0 amide bonds. The number of rotatable bonds is 15. The number of alkyl halides is 9. The third-order valence-corrected chi connectivity index (χ3v) is 8.61. The number of nitrogens with one attached hydrogen (secondary N) is 1. The van der Waals surface area contributed by atoms with Gasteiger partial charge < -0.3 is 25.2 Å². The lowest BCUT2D eigenvalue weighted by atomic mass is 9.80. The van der Waals surface area contributed by atoms with Crippen molar-refractivity contribution < 1.29 is 59.3 Å². The van der Waals surface area contributed by atoms with Crippen molar-refractivity contribution in [2.24, 2.45) is 11.8 Å². The van der Waals surface area contributed by atoms with E-state index >= 15 is 0 Å². The summed E-state index contributed by atoms with van der Waals surface area (Å²) >= 11 is 0. The molecule has 3 aromatic rings. The third-order valence-electron chi connectivity index (χ3n) is 8.61. The molecule has 0 aliphatic heterocycles. The summed E-state index contributed by atoms with van der Waals surface area (Å²) in [6.07, 6.45) is -9.08. The van der Waals surface area contributed by atoms with Crippen LogP contribution in [0.25, 0.3) is 0 Å². The average Bonchev–Trinajstić information content (AvgIpc) is 3.05. The molecule has 8 nitrogen and oxygen atoms in total. The Morgan fingerprint density at radius 2 is 1.39 bits per heavy atom. The average molecular weight is 737 g/mol. The molecule has 0 saturated heterocycles. The number of halogens is 9. The molecule has 0 spiro atoms. The molecule has 17 heteroatoms. The second kappa shape index (κ2) is 16.9. The number of benzene rings is 2. The summed E-state index contributed by atoms with van der Waals surface area (Å²) in [5, 5.41) is 21.3. The minimum Gasteiger partial charge on any atom is -0.488 e. The Morgan fingerprint density at radius 1 is 0.804 bits per heavy atom. The molecule has 1 aliphatic carbocycles. The Bertz CT molecular complexity index is 1560. The molecule has 3 N–H and O–H groups in total. The predicted octanol–water partition coefficient (Wildman–Crippen LogP) is 7.52. The van der Waals surface area contributed by atoms with Crippen LogP contribution in [-0.2, 0) is 42.8 Å². The number of carbonyl (C=O) groups is 1. The van der Waals surface area contributed by atoms with Gasteiger partial charge in [0.2, 0.25) is 5.95 Å². The monoisotopic (exact) mass is 736 g/mol. The number of aliphatic hydroxyl groups excluding tert-OH is 1. The molecule has 1 heterocycles. The molecule has 0 atom stereocenters. The Balaban J connectivity index is 1.61. The second-order valence-electron chi connectivity index (χ2n) is 12.5. The van der Waals surface area contributed by atoms with Crippen LogP contribution >= 0.6 is 0 Å². The summed E-state index contributed by atoms with van der Waals surface area (Å²) in [5.74, 6) is -0.530. The summed E-state index contributed by atoms with van der Waals surface area (Å²) in [4.78, 5) is 20.4. The molecule has 0 radical (unpaired) electrons. The molecule has 4 rings (SSSR count). The van der Waals surface area contributed by atoms with Crippen LogP contribution < -0.4 is 15.0 Å². The van der Waals surface area contributed by atoms with Crippen LogP contribution in [0.5, 0.6) is 5.75 Å². The van der Waals surface area contributed by atoms with E-state index in [1.54, 1.807) is 0 Å². The lowest BCUT2D eigenvalue weighted by Gasteiger charge is -2.28. The summed E-state index contributed by atoms with van der Waals surface area (Å²) < 4.78 is 129. The number of hydrogen-bond acceptors (Lipinski definition) is 7. The van der Waals surface area contributed by atoms with Crippen molar-refractivity contribution in [3.63, 3.8) is 0 Å². The van der Waals surface area contributed by atoms with E-state index in [-0.39, 0.29) is 55.3 Å². The van der Waals surface area contributed by atoms with Crippen molar-refractivity contribution in [3.8, 4) is 5.75 Å². The van der Waals surface area contributed by atoms with E-state index in [1.807, 2.05) is 0 Å². The number of carboxylic acids is 1. The standard InChI is InChI=1S/C34H37F9N4O4/c35-32(36,37)26-6-5-24(7-8-44-16-22-3-1-21(2-4-22)13-30(49)50)25(14-26)20-47(31-45-17-29(18-46-31)51-10-9-48)19-23-11-27(33(38,39)40)15-28(12-23)34(41,42)43/h5-6,11-12,14-15,17-18,21-22,44,48H,1-4,7-10,13,16,19-20H2,(H,49,50). The van der Waals surface area contributed by atoms with Crippen LogP contribution in [0.1, 0.15) is 65.5 Å². The van der Waals surface area contributed by atoms with Gasteiger partial charge in [0.25, 0.3) is 0 Å². The zero-order valence-electron chi connectivity index (χ0n) is 27.2. The largest absolute Gasteiger partial charge is 0.488 e. The van der Waals surface area contributed by atoms with Crippen molar-refractivity contribution in [2.45, 2.75) is 70.1 Å². The van der Waals surface area contributed by atoms with Crippen molar-refractivity contribution in [2.75, 3.05) is 31.2 Å². The van der Waals surface area contributed by atoms with Crippen molar-refractivity contribution in [1.29, 1.82) is 0 Å². The molecular weight excluding hydrogens is 699 g/mol. The minimum absolute atomic E-state index is 0.0166. The summed E-state index contributed by atoms with van der Waals surface area (Å²) in [7, 11) is 0. The highest BCUT2D eigenvalue weighted by atomic mass is 19.4. The van der Waals surface area contributed by atoms with E-state index in [1.165, 1.54) is 11.0 Å². The zero-order chi connectivity index (χ0) is 37.4. The van der Waals surface area contributed by atoms with Gasteiger partial charge in [0.15, 0.2) is 5.75 Å². The minimum atomic E-state index is -5.12. The molecule has 0 bridgehead atoms. The van der Waals surface area contributed by atoms with Crippen LogP contribution in [0, 0.1) is 11.8 Å². The van der Waals surface area contributed by atoms with Crippen LogP contribution in [0.3, 0.4) is 0 Å². The maximum absolute atomic E-state index is 13.8. The number of aliphatic hydroxyl groups is 1. The molecule has 280 valence electrons. The van der Waals surface area contributed by atoms with E-state index < -0.39 is 59.8 Å². The van der Waals surface area contributed by atoms with Crippen LogP contribution in [0.4, 0.5) is 45.5 Å². The second-order valence-corrected chi connectivity index (χ2v) is 12.5. The van der Waals surface area contributed by atoms with E-state index in [2.05, 4.69) is 15.3 Å². The first-order chi connectivity index (χ1) is 23.9. The van der Waals surface area contributed by atoms with Gasteiger partial charge in [0.05, 0.1) is 35.7 Å². The molecule has 1 fully saturated rings. The lowest BCUT2D eigenvalue weighted by molar-refractivity contribution is -0.143. The van der Waals surface area contributed by atoms with E-state index in [4.69, 9.17) is 14.9 Å². The molecule has 2 aromatic carbocycles. The van der Waals surface area contributed by atoms with E-state index in [0.717, 1.165) is 50.2 Å². The van der Waals surface area contributed by atoms with Gasteiger partial charge >= 0.3 is 24.5 Å². The molecule has 51 heavy (non-hydrogen) atoms. The Hall–Kier alpha value is -4.12. The molecule has 1 aromatic heterocycles. The fourth-order valence-electron chi connectivity index (χ4n) is 6.05. The van der Waals surface area contributed by atoms with Gasteiger partial charge in [-0.05, 0) is 104 Å². The van der Waals surface area contributed by atoms with E-state index in [0.29, 0.717) is 36.7 Å². The van der Waals surface area contributed by atoms with Crippen LogP contribution in [-0.4, -0.2) is 52.5 Å². The quantitative estimate of drug-likeness (QED) is 0.109. The molecule has 0 unspecified atom stereocenters. The van der Waals surface area contributed by atoms with Crippen molar-refractivity contribution in [1.82, 2.24) is 15.3 Å². The molecule has 1 saturated carbocycles. The summed E-state index contributed by atoms with van der Waals surface area (Å²) in [6, 6.07) is 4.13. The Labute approximate surface area is 287 Å². The van der Waals surface area contributed by atoms with Gasteiger partial charge in [-0.2, -0.15) is 39.5 Å². The molecule has 1 aliphatic rings. The Kier molecular flexibility index (Phi) is 13.2. The van der Waals surface area contributed by atoms with Crippen molar-refractivity contribution in [3.05, 3.63) is 82.2 Å². The SMILES string of the molecule is O=C(O)CC1CCC(CNCCc2ccc(C(F)(F)F)cc2CN(Cc2cc(C(F)(F)F)cc(C(F)(F)F)c2)c2ncc(OCCO)cn2)CC1. The zero-order valence-corrected chi connectivity index (χ0v) is 27.2. The van der Waals surface area contributed by atoms with Crippen LogP contribution in [0.15, 0.2) is 48.8 Å². The maximum atomic E-state index is 13.8. The van der Waals surface area contributed by atoms with Gasteiger partial charge in [-0.15, -0.1) is 0 Å². The highest BCUT2D eigenvalue weighted by Crippen LogP contribution is 2.37. The molecular formula is C34H37F9N4O4. The topological polar surface area (TPSA) is 108 Å². The van der Waals surface area contributed by atoms with E-state index in [9.17, 15) is 44.3 Å². The predicted molar refractivity (Wildman–Crippen MR) is 167 cm³/mol. The Morgan fingerprint density at radius 3 is 1.94 bits per heavy atom. The van der Waals surface area contributed by atoms with Gasteiger partial charge in [0.1, 0.15) is 6.61 Å². The summed E-state index contributed by atoms with van der Waals surface area (Å²) in [5.41, 5.74) is -3.99. The number of nitrogens with zero attached hydrogens (tertiary/aromatic N) is 3. The number of carboxylic acid groups (broad SMARTS) is 1.